The first-order valence-corrected chi connectivity index (χ1v) is 7.81. The number of halogens is 4. The van der Waals surface area contributed by atoms with Crippen LogP contribution in [-0.2, 0) is 4.79 Å². The van der Waals surface area contributed by atoms with Gasteiger partial charge in [-0.15, -0.1) is 0 Å². The van der Waals surface area contributed by atoms with Crippen LogP contribution in [0.2, 0.25) is 5.02 Å². The maximum atomic E-state index is 12.2. The number of rotatable bonds is 5. The number of anilines is 1. The van der Waals surface area contributed by atoms with Crippen molar-refractivity contribution in [3.8, 4) is 0 Å². The lowest BCUT2D eigenvalue weighted by Gasteiger charge is -2.11. The monoisotopic (exact) mass is 382 g/mol. The summed E-state index contributed by atoms with van der Waals surface area (Å²) in [5, 5.41) is 4.81. The molecule has 0 heterocycles. The number of amides is 2. The molecule has 0 fully saturated rings. The molecular formula is C18H14ClF3N2O2. The van der Waals surface area contributed by atoms with E-state index in [0.717, 1.165) is 5.56 Å². The zero-order valence-electron chi connectivity index (χ0n) is 13.3. The molecule has 0 spiro atoms. The highest BCUT2D eigenvalue weighted by Crippen LogP contribution is 2.17. The summed E-state index contributed by atoms with van der Waals surface area (Å²) in [5.74, 6) is -1.46. The van der Waals surface area contributed by atoms with Crippen LogP contribution in [0, 0.1) is 0 Å². The van der Waals surface area contributed by atoms with Crippen molar-refractivity contribution in [2.24, 2.45) is 0 Å². The molecule has 0 aliphatic rings. The van der Waals surface area contributed by atoms with E-state index in [-0.39, 0.29) is 11.3 Å². The molecule has 0 unspecified atom stereocenters. The maximum absolute atomic E-state index is 12.2. The molecule has 0 aromatic heterocycles. The van der Waals surface area contributed by atoms with Gasteiger partial charge in [-0.1, -0.05) is 35.9 Å². The topological polar surface area (TPSA) is 58.2 Å². The lowest BCUT2D eigenvalue weighted by atomic mass is 10.1. The van der Waals surface area contributed by atoms with Crippen molar-refractivity contribution in [1.82, 2.24) is 5.32 Å². The Balaban J connectivity index is 2.06. The van der Waals surface area contributed by atoms with Crippen LogP contribution in [0.25, 0.3) is 6.08 Å². The molecule has 8 heteroatoms. The number of para-hydroxylation sites is 1. The predicted octanol–water partition coefficient (Wildman–Crippen LogP) is 4.28. The molecule has 136 valence electrons. The van der Waals surface area contributed by atoms with Crippen LogP contribution in [0.3, 0.4) is 0 Å². The van der Waals surface area contributed by atoms with Crippen molar-refractivity contribution >= 4 is 35.2 Å². The highest BCUT2D eigenvalue weighted by molar-refractivity contribution is 6.30. The first-order chi connectivity index (χ1) is 12.2. The minimum Gasteiger partial charge on any atom is -0.343 e. The Labute approximate surface area is 152 Å². The third-order valence-corrected chi connectivity index (χ3v) is 3.43. The zero-order chi connectivity index (χ0) is 19.2. The second-order valence-corrected chi connectivity index (χ2v) is 5.65. The molecule has 2 amide bonds. The molecule has 2 rings (SSSR count). The summed E-state index contributed by atoms with van der Waals surface area (Å²) in [7, 11) is 0. The van der Waals surface area contributed by atoms with E-state index >= 15 is 0 Å². The fourth-order valence-electron chi connectivity index (χ4n) is 1.99. The van der Waals surface area contributed by atoms with Crippen LogP contribution >= 0.6 is 11.6 Å². The lowest BCUT2D eigenvalue weighted by molar-refractivity contribution is -0.123. The van der Waals surface area contributed by atoms with Gasteiger partial charge in [-0.25, -0.2) is 0 Å². The predicted molar refractivity (Wildman–Crippen MR) is 93.9 cm³/mol. The standard InChI is InChI=1S/C18H14ClF3N2O2/c19-13-8-5-12(6-9-13)7-10-16(25)24-15-4-2-1-3-14(15)17(26)23-11-18(20,21)22/h1-10H,11H2,(H,23,26)(H,24,25)/b10-7+. The molecule has 0 atom stereocenters. The Morgan fingerprint density at radius 3 is 2.35 bits per heavy atom. The van der Waals surface area contributed by atoms with Gasteiger partial charge in [0.2, 0.25) is 5.91 Å². The van der Waals surface area contributed by atoms with Gasteiger partial charge in [-0.3, -0.25) is 9.59 Å². The number of hydrogen-bond acceptors (Lipinski definition) is 2. The average molecular weight is 383 g/mol. The van der Waals surface area contributed by atoms with Gasteiger partial charge < -0.3 is 10.6 Å². The number of nitrogens with one attached hydrogen (secondary N) is 2. The summed E-state index contributed by atoms with van der Waals surface area (Å²) in [6.45, 7) is -1.45. The largest absolute Gasteiger partial charge is 0.405 e. The molecular weight excluding hydrogens is 369 g/mol. The zero-order valence-corrected chi connectivity index (χ0v) is 14.1. The minimum atomic E-state index is -4.52. The molecule has 0 saturated heterocycles. The molecule has 2 aromatic carbocycles. The van der Waals surface area contributed by atoms with Crippen LogP contribution in [0.15, 0.2) is 54.6 Å². The van der Waals surface area contributed by atoms with Gasteiger partial charge in [-0.2, -0.15) is 13.2 Å². The molecule has 26 heavy (non-hydrogen) atoms. The van der Waals surface area contributed by atoms with Crippen LogP contribution < -0.4 is 10.6 Å². The highest BCUT2D eigenvalue weighted by atomic mass is 35.5. The Bertz CT molecular complexity index is 818. The molecule has 0 aliphatic carbocycles. The average Bonchev–Trinajstić information content (AvgIpc) is 2.59. The number of benzene rings is 2. The van der Waals surface area contributed by atoms with Crippen LogP contribution in [-0.4, -0.2) is 24.5 Å². The molecule has 0 saturated carbocycles. The molecule has 0 bridgehead atoms. The van der Waals surface area contributed by atoms with Crippen molar-refractivity contribution in [1.29, 1.82) is 0 Å². The second kappa shape index (κ2) is 8.53. The van der Waals surface area contributed by atoms with Crippen molar-refractivity contribution in [2.45, 2.75) is 6.18 Å². The van der Waals surface area contributed by atoms with E-state index in [4.69, 9.17) is 11.6 Å². The van der Waals surface area contributed by atoms with E-state index in [2.05, 4.69) is 5.32 Å². The van der Waals surface area contributed by atoms with Crippen LogP contribution in [0.5, 0.6) is 0 Å². The summed E-state index contributed by atoms with van der Waals surface area (Å²) in [4.78, 5) is 23.9. The summed E-state index contributed by atoms with van der Waals surface area (Å²) in [6.07, 6.45) is -1.74. The Morgan fingerprint density at radius 2 is 1.69 bits per heavy atom. The number of hydrogen-bond donors (Lipinski definition) is 2. The fraction of sp³-hybridized carbons (Fsp3) is 0.111. The number of carbonyl (C=O) groups excluding carboxylic acids is 2. The minimum absolute atomic E-state index is 0.0648. The smallest absolute Gasteiger partial charge is 0.343 e. The van der Waals surface area contributed by atoms with E-state index in [0.29, 0.717) is 5.02 Å². The van der Waals surface area contributed by atoms with Crippen molar-refractivity contribution < 1.29 is 22.8 Å². The highest BCUT2D eigenvalue weighted by Gasteiger charge is 2.28. The maximum Gasteiger partial charge on any atom is 0.405 e. The van der Waals surface area contributed by atoms with Crippen molar-refractivity contribution in [3.63, 3.8) is 0 Å². The van der Waals surface area contributed by atoms with Crippen molar-refractivity contribution in [3.05, 3.63) is 70.8 Å². The first-order valence-electron chi connectivity index (χ1n) is 7.43. The fourth-order valence-corrected chi connectivity index (χ4v) is 2.11. The summed E-state index contributed by atoms with van der Waals surface area (Å²) in [5.41, 5.74) is 0.781. The molecule has 0 radical (unpaired) electrons. The summed E-state index contributed by atoms with van der Waals surface area (Å²) >= 11 is 5.77. The van der Waals surface area contributed by atoms with Gasteiger partial charge in [0.05, 0.1) is 11.3 Å². The SMILES string of the molecule is O=C(/C=C/c1ccc(Cl)cc1)Nc1ccccc1C(=O)NCC(F)(F)F. The second-order valence-electron chi connectivity index (χ2n) is 5.22. The summed E-state index contributed by atoms with van der Waals surface area (Å²) in [6, 6.07) is 12.6. The van der Waals surface area contributed by atoms with E-state index in [1.807, 2.05) is 0 Å². The third-order valence-electron chi connectivity index (χ3n) is 3.18. The summed E-state index contributed by atoms with van der Waals surface area (Å²) < 4.78 is 36.7. The van der Waals surface area contributed by atoms with E-state index in [1.54, 1.807) is 35.6 Å². The van der Waals surface area contributed by atoms with Gasteiger partial charge in [-0.05, 0) is 35.9 Å². The molecule has 4 nitrogen and oxygen atoms in total. The number of alkyl halides is 3. The molecule has 0 aliphatic heterocycles. The van der Waals surface area contributed by atoms with Crippen LogP contribution in [0.4, 0.5) is 18.9 Å². The Morgan fingerprint density at radius 1 is 1.04 bits per heavy atom. The van der Waals surface area contributed by atoms with Gasteiger partial charge in [0, 0.05) is 11.1 Å². The lowest BCUT2D eigenvalue weighted by Crippen LogP contribution is -2.34. The normalized spacial score (nSPS) is 11.4. The van der Waals surface area contributed by atoms with Crippen molar-refractivity contribution in [2.75, 3.05) is 11.9 Å². The van der Waals surface area contributed by atoms with E-state index in [1.165, 1.54) is 30.4 Å². The van der Waals surface area contributed by atoms with Crippen LogP contribution in [0.1, 0.15) is 15.9 Å². The van der Waals surface area contributed by atoms with Gasteiger partial charge in [0.25, 0.3) is 5.91 Å². The van der Waals surface area contributed by atoms with Gasteiger partial charge in [0.1, 0.15) is 6.54 Å². The van der Waals surface area contributed by atoms with E-state index < -0.39 is 24.5 Å². The molecule has 2 N–H and O–H groups in total. The quantitative estimate of drug-likeness (QED) is 0.758. The first kappa shape index (κ1) is 19.5. The number of carbonyl (C=O) groups is 2. The van der Waals surface area contributed by atoms with Gasteiger partial charge in [0.15, 0.2) is 0 Å². The third kappa shape index (κ3) is 6.25. The Hall–Kier alpha value is -2.80. The Kier molecular flexibility index (Phi) is 6.41. The van der Waals surface area contributed by atoms with Gasteiger partial charge >= 0.3 is 6.18 Å². The molecule has 2 aromatic rings. The van der Waals surface area contributed by atoms with E-state index in [9.17, 15) is 22.8 Å².